The van der Waals surface area contributed by atoms with Gasteiger partial charge in [-0.1, -0.05) is 59.6 Å². The number of nitrogens with one attached hydrogen (secondary N) is 1. The Morgan fingerprint density at radius 1 is 1.15 bits per heavy atom. The Kier molecular flexibility index (Phi) is 5.91. The predicted molar refractivity (Wildman–Crippen MR) is 104 cm³/mol. The van der Waals surface area contributed by atoms with Crippen molar-refractivity contribution in [2.75, 3.05) is 13.7 Å². The minimum atomic E-state index is -3.65. The predicted octanol–water partition coefficient (Wildman–Crippen LogP) is 3.96. The van der Waals surface area contributed by atoms with E-state index in [9.17, 15) is 8.42 Å². The molecule has 0 aromatic heterocycles. The first-order valence-corrected chi connectivity index (χ1v) is 10.5. The molecule has 1 aliphatic heterocycles. The molecule has 5 nitrogen and oxygen atoms in total. The minimum absolute atomic E-state index is 0.0677. The summed E-state index contributed by atoms with van der Waals surface area (Å²) in [6.07, 6.45) is 0. The maximum absolute atomic E-state index is 13.0. The van der Waals surface area contributed by atoms with Crippen molar-refractivity contribution in [2.24, 2.45) is 0 Å². The van der Waals surface area contributed by atoms with E-state index in [2.05, 4.69) is 4.72 Å². The first-order valence-electron chi connectivity index (χ1n) is 8.16. The maximum atomic E-state index is 13.0. The Morgan fingerprint density at radius 2 is 1.85 bits per heavy atom. The van der Waals surface area contributed by atoms with E-state index in [0.717, 1.165) is 11.1 Å². The lowest BCUT2D eigenvalue weighted by molar-refractivity contribution is -0.110. The highest BCUT2D eigenvalue weighted by atomic mass is 35.5. The summed E-state index contributed by atoms with van der Waals surface area (Å²) in [4.78, 5) is 5.51. The van der Waals surface area contributed by atoms with Gasteiger partial charge in [0, 0.05) is 13.1 Å². The van der Waals surface area contributed by atoms with E-state index in [4.69, 9.17) is 28.0 Å². The fraction of sp³-hybridized carbons (Fsp3) is 0.333. The normalized spacial score (nSPS) is 22.5. The largest absolute Gasteiger partial charge is 0.297 e. The second-order valence-electron chi connectivity index (χ2n) is 6.29. The molecule has 1 N–H and O–H groups in total. The lowest BCUT2D eigenvalue weighted by atomic mass is 10.0. The number of nitrogens with zero attached hydrogens (tertiary/aromatic N) is 1. The Hall–Kier alpha value is -1.15. The zero-order valence-electron chi connectivity index (χ0n) is 14.4. The first kappa shape index (κ1) is 19.6. The molecule has 0 amide bonds. The summed E-state index contributed by atoms with van der Waals surface area (Å²) in [5, 5.41) is 1.59. The average molecular weight is 415 g/mol. The molecule has 0 aliphatic carbocycles. The van der Waals surface area contributed by atoms with Gasteiger partial charge >= 0.3 is 0 Å². The van der Waals surface area contributed by atoms with Crippen LogP contribution in [0.3, 0.4) is 0 Å². The number of sulfonamides is 1. The molecule has 3 atom stereocenters. The van der Waals surface area contributed by atoms with Crippen molar-refractivity contribution in [3.63, 3.8) is 0 Å². The van der Waals surface area contributed by atoms with E-state index >= 15 is 0 Å². The van der Waals surface area contributed by atoms with E-state index < -0.39 is 21.3 Å². The summed E-state index contributed by atoms with van der Waals surface area (Å²) in [5.74, 6) is 0. The monoisotopic (exact) mass is 414 g/mol. The van der Waals surface area contributed by atoms with Crippen LogP contribution >= 0.6 is 23.2 Å². The Bertz CT molecular complexity index is 877. The number of hydroxylamine groups is 2. The van der Waals surface area contributed by atoms with E-state index in [1.165, 1.54) is 0 Å². The standard InChI is InChI=1S/C18H20Cl2N2O3S/c1-12(13-6-4-3-5-7-13)21-26(23,24)17-11-25-22(2)18(17)14-8-9-15(19)16(20)10-14/h3-10,12,17-18,21H,11H2,1-2H3/t12-,17+,18-/m0/s1. The van der Waals surface area contributed by atoms with Crippen LogP contribution in [0.25, 0.3) is 0 Å². The van der Waals surface area contributed by atoms with Gasteiger partial charge in [0.25, 0.3) is 0 Å². The van der Waals surface area contributed by atoms with Crippen LogP contribution in [0.15, 0.2) is 48.5 Å². The Balaban J connectivity index is 1.86. The molecular formula is C18H20Cl2N2O3S. The van der Waals surface area contributed by atoms with Crippen LogP contribution in [0.2, 0.25) is 10.0 Å². The van der Waals surface area contributed by atoms with Crippen LogP contribution in [0.5, 0.6) is 0 Å². The van der Waals surface area contributed by atoms with Crippen LogP contribution < -0.4 is 4.72 Å². The quantitative estimate of drug-likeness (QED) is 0.803. The van der Waals surface area contributed by atoms with Gasteiger partial charge < -0.3 is 0 Å². The van der Waals surface area contributed by atoms with E-state index in [-0.39, 0.29) is 12.6 Å². The van der Waals surface area contributed by atoms with Gasteiger partial charge in [0.2, 0.25) is 10.0 Å². The zero-order valence-corrected chi connectivity index (χ0v) is 16.7. The highest BCUT2D eigenvalue weighted by Gasteiger charge is 2.43. The number of hydrogen-bond donors (Lipinski definition) is 1. The summed E-state index contributed by atoms with van der Waals surface area (Å²) < 4.78 is 28.8. The van der Waals surface area contributed by atoms with Gasteiger partial charge in [-0.3, -0.25) is 4.84 Å². The Morgan fingerprint density at radius 3 is 2.50 bits per heavy atom. The van der Waals surface area contributed by atoms with Crippen molar-refractivity contribution in [3.05, 3.63) is 69.7 Å². The molecule has 8 heteroatoms. The van der Waals surface area contributed by atoms with E-state index in [1.807, 2.05) is 37.3 Å². The molecule has 1 saturated heterocycles. The van der Waals surface area contributed by atoms with Gasteiger partial charge in [-0.05, 0) is 30.2 Å². The SMILES string of the molecule is C[C@H](NS(=O)(=O)[C@@H]1CON(C)[C@H]1c1ccc(Cl)c(Cl)c1)c1ccccc1. The molecule has 1 heterocycles. The molecule has 0 spiro atoms. The van der Waals surface area contributed by atoms with Crippen LogP contribution in [0.4, 0.5) is 0 Å². The molecule has 140 valence electrons. The number of benzene rings is 2. The summed E-state index contributed by atoms with van der Waals surface area (Å²) in [6.45, 7) is 1.89. The zero-order chi connectivity index (χ0) is 18.9. The molecular weight excluding hydrogens is 395 g/mol. The number of rotatable bonds is 5. The Labute approximate surface area is 163 Å². The van der Waals surface area contributed by atoms with Crippen molar-refractivity contribution < 1.29 is 13.3 Å². The molecule has 1 aliphatic rings. The summed E-state index contributed by atoms with van der Waals surface area (Å²) in [5.41, 5.74) is 1.64. The van der Waals surface area contributed by atoms with Crippen molar-refractivity contribution in [2.45, 2.75) is 24.3 Å². The molecule has 0 radical (unpaired) electrons. The summed E-state index contributed by atoms with van der Waals surface area (Å²) in [7, 11) is -1.94. The fourth-order valence-electron chi connectivity index (χ4n) is 3.12. The van der Waals surface area contributed by atoms with Crippen molar-refractivity contribution in [1.29, 1.82) is 0 Å². The summed E-state index contributed by atoms with van der Waals surface area (Å²) in [6, 6.07) is 13.7. The molecule has 2 aromatic carbocycles. The second-order valence-corrected chi connectivity index (χ2v) is 9.04. The second kappa shape index (κ2) is 7.84. The van der Waals surface area contributed by atoms with E-state index in [0.29, 0.717) is 10.0 Å². The smallest absolute Gasteiger partial charge is 0.219 e. The van der Waals surface area contributed by atoms with Gasteiger partial charge in [-0.2, -0.15) is 5.06 Å². The molecule has 26 heavy (non-hydrogen) atoms. The highest BCUT2D eigenvalue weighted by molar-refractivity contribution is 7.90. The van der Waals surface area contributed by atoms with Gasteiger partial charge in [0.15, 0.2) is 0 Å². The minimum Gasteiger partial charge on any atom is -0.297 e. The van der Waals surface area contributed by atoms with Gasteiger partial charge in [-0.15, -0.1) is 0 Å². The molecule has 0 saturated carbocycles. The third-order valence-electron chi connectivity index (χ3n) is 4.51. The first-order chi connectivity index (χ1) is 12.3. The lowest BCUT2D eigenvalue weighted by Gasteiger charge is -2.25. The number of halogens is 2. The van der Waals surface area contributed by atoms with Crippen LogP contribution in [0, 0.1) is 0 Å². The average Bonchev–Trinajstić information content (AvgIpc) is 3.00. The van der Waals surface area contributed by atoms with Gasteiger partial charge in [0.1, 0.15) is 5.25 Å². The van der Waals surface area contributed by atoms with Crippen molar-refractivity contribution in [1.82, 2.24) is 9.79 Å². The maximum Gasteiger partial charge on any atom is 0.219 e. The third kappa shape index (κ3) is 4.06. The summed E-state index contributed by atoms with van der Waals surface area (Å²) >= 11 is 12.1. The number of hydrogen-bond acceptors (Lipinski definition) is 4. The topological polar surface area (TPSA) is 58.6 Å². The molecule has 2 aromatic rings. The molecule has 1 fully saturated rings. The van der Waals surface area contributed by atoms with Crippen molar-refractivity contribution in [3.8, 4) is 0 Å². The molecule has 0 unspecified atom stereocenters. The van der Waals surface area contributed by atoms with E-state index in [1.54, 1.807) is 30.3 Å². The van der Waals surface area contributed by atoms with Crippen LogP contribution in [-0.2, 0) is 14.9 Å². The van der Waals surface area contributed by atoms with Crippen LogP contribution in [-0.4, -0.2) is 32.4 Å². The highest BCUT2D eigenvalue weighted by Crippen LogP contribution is 2.36. The molecule has 3 rings (SSSR count). The molecule has 0 bridgehead atoms. The van der Waals surface area contributed by atoms with Crippen LogP contribution in [0.1, 0.15) is 30.1 Å². The lowest BCUT2D eigenvalue weighted by Crippen LogP contribution is -2.40. The fourth-order valence-corrected chi connectivity index (χ4v) is 5.14. The van der Waals surface area contributed by atoms with Gasteiger partial charge in [0.05, 0.1) is 22.7 Å². The van der Waals surface area contributed by atoms with Gasteiger partial charge in [-0.25, -0.2) is 13.1 Å². The third-order valence-corrected chi connectivity index (χ3v) is 7.12. The van der Waals surface area contributed by atoms with Crippen molar-refractivity contribution >= 4 is 33.2 Å².